The zero-order valence-corrected chi connectivity index (χ0v) is 9.64. The highest BCUT2D eigenvalue weighted by Gasteiger charge is 2.09. The monoisotopic (exact) mass is 273 g/mol. The van der Waals surface area contributed by atoms with E-state index in [1.165, 1.54) is 0 Å². The highest BCUT2D eigenvalue weighted by atomic mass is 79.9. The van der Waals surface area contributed by atoms with Gasteiger partial charge in [-0.25, -0.2) is 0 Å². The van der Waals surface area contributed by atoms with Crippen molar-refractivity contribution in [2.45, 2.75) is 6.42 Å². The van der Waals surface area contributed by atoms with Crippen LogP contribution < -0.4 is 5.73 Å². The zero-order chi connectivity index (χ0) is 9.97. The second kappa shape index (κ2) is 4.20. The summed E-state index contributed by atoms with van der Waals surface area (Å²) in [5, 5.41) is 5.85. The van der Waals surface area contributed by atoms with Crippen LogP contribution in [0.2, 0.25) is 0 Å². The summed E-state index contributed by atoms with van der Waals surface area (Å²) in [5.74, 6) is 1.22. The van der Waals surface area contributed by atoms with Crippen LogP contribution in [-0.4, -0.2) is 16.7 Å². The average Bonchev–Trinajstić information content (AvgIpc) is 2.74. The summed E-state index contributed by atoms with van der Waals surface area (Å²) >= 11 is 4.94. The van der Waals surface area contributed by atoms with Gasteiger partial charge in [0, 0.05) is 22.8 Å². The first-order valence-electron chi connectivity index (χ1n) is 4.06. The molecule has 14 heavy (non-hydrogen) atoms. The van der Waals surface area contributed by atoms with E-state index in [-0.39, 0.29) is 0 Å². The van der Waals surface area contributed by atoms with Gasteiger partial charge in [0.25, 0.3) is 0 Å². The second-order valence-corrected chi connectivity index (χ2v) is 4.51. The Balaban J connectivity index is 2.24. The quantitative estimate of drug-likeness (QED) is 0.930. The van der Waals surface area contributed by atoms with Gasteiger partial charge in [0.15, 0.2) is 0 Å². The largest absolute Gasteiger partial charge is 0.339 e. The molecule has 4 nitrogen and oxygen atoms in total. The van der Waals surface area contributed by atoms with Crippen molar-refractivity contribution in [3.05, 3.63) is 21.8 Å². The van der Waals surface area contributed by atoms with Gasteiger partial charge in [-0.2, -0.15) is 4.98 Å². The van der Waals surface area contributed by atoms with Crippen molar-refractivity contribution in [1.29, 1.82) is 0 Å². The van der Waals surface area contributed by atoms with E-state index in [9.17, 15) is 0 Å². The first kappa shape index (κ1) is 9.82. The van der Waals surface area contributed by atoms with E-state index < -0.39 is 0 Å². The average molecular weight is 274 g/mol. The third-order valence-corrected chi connectivity index (χ3v) is 3.30. The van der Waals surface area contributed by atoms with Gasteiger partial charge < -0.3 is 10.3 Å². The third kappa shape index (κ3) is 2.02. The SMILES string of the molecule is NCCc1nc(-c2cc(Br)cs2)no1. The molecule has 0 bridgehead atoms. The highest BCUT2D eigenvalue weighted by molar-refractivity contribution is 9.10. The summed E-state index contributed by atoms with van der Waals surface area (Å²) in [6, 6.07) is 1.96. The number of nitrogens with two attached hydrogens (primary N) is 1. The Labute approximate surface area is 93.3 Å². The van der Waals surface area contributed by atoms with Crippen molar-refractivity contribution >= 4 is 27.3 Å². The first-order chi connectivity index (χ1) is 6.79. The number of hydrogen-bond acceptors (Lipinski definition) is 5. The first-order valence-corrected chi connectivity index (χ1v) is 5.74. The number of aromatic nitrogens is 2. The summed E-state index contributed by atoms with van der Waals surface area (Å²) in [4.78, 5) is 5.21. The predicted molar refractivity (Wildman–Crippen MR) is 58.1 cm³/mol. The number of halogens is 1. The van der Waals surface area contributed by atoms with Crippen LogP contribution in [0.15, 0.2) is 20.4 Å². The molecule has 2 rings (SSSR count). The molecule has 2 heterocycles. The van der Waals surface area contributed by atoms with E-state index in [0.29, 0.717) is 24.7 Å². The van der Waals surface area contributed by atoms with Crippen LogP contribution in [0.5, 0.6) is 0 Å². The van der Waals surface area contributed by atoms with E-state index in [1.54, 1.807) is 11.3 Å². The van der Waals surface area contributed by atoms with E-state index >= 15 is 0 Å². The van der Waals surface area contributed by atoms with Crippen molar-refractivity contribution in [2.24, 2.45) is 5.73 Å². The Kier molecular flexibility index (Phi) is 2.95. The lowest BCUT2D eigenvalue weighted by Gasteiger charge is -1.84. The Morgan fingerprint density at radius 3 is 3.07 bits per heavy atom. The molecule has 0 aliphatic rings. The van der Waals surface area contributed by atoms with E-state index in [0.717, 1.165) is 9.35 Å². The molecule has 2 aromatic heterocycles. The fourth-order valence-corrected chi connectivity index (χ4v) is 2.36. The maximum atomic E-state index is 5.38. The predicted octanol–water partition coefficient (Wildman–Crippen LogP) is 2.06. The van der Waals surface area contributed by atoms with Crippen LogP contribution in [0.3, 0.4) is 0 Å². The number of hydrogen-bond donors (Lipinski definition) is 1. The van der Waals surface area contributed by atoms with Crippen molar-refractivity contribution in [1.82, 2.24) is 10.1 Å². The molecular weight excluding hydrogens is 266 g/mol. The zero-order valence-electron chi connectivity index (χ0n) is 7.24. The van der Waals surface area contributed by atoms with Crippen LogP contribution in [-0.2, 0) is 6.42 Å². The van der Waals surface area contributed by atoms with Crippen molar-refractivity contribution in [3.63, 3.8) is 0 Å². The van der Waals surface area contributed by atoms with Gasteiger partial charge in [0.1, 0.15) is 0 Å². The van der Waals surface area contributed by atoms with E-state index in [2.05, 4.69) is 26.1 Å². The lowest BCUT2D eigenvalue weighted by molar-refractivity contribution is 0.380. The summed E-state index contributed by atoms with van der Waals surface area (Å²) < 4.78 is 6.05. The number of rotatable bonds is 3. The molecule has 0 aromatic carbocycles. The minimum Gasteiger partial charge on any atom is -0.339 e. The Morgan fingerprint density at radius 1 is 1.57 bits per heavy atom. The van der Waals surface area contributed by atoms with Crippen molar-refractivity contribution < 1.29 is 4.52 Å². The van der Waals surface area contributed by atoms with Gasteiger partial charge in [-0.15, -0.1) is 11.3 Å². The molecule has 0 aliphatic heterocycles. The Morgan fingerprint density at radius 2 is 2.43 bits per heavy atom. The van der Waals surface area contributed by atoms with Gasteiger partial charge in [-0.05, 0) is 22.0 Å². The molecule has 0 saturated heterocycles. The summed E-state index contributed by atoms with van der Waals surface area (Å²) in [5.41, 5.74) is 5.38. The van der Waals surface area contributed by atoms with Crippen LogP contribution in [0.1, 0.15) is 5.89 Å². The minimum absolute atomic E-state index is 0.524. The third-order valence-electron chi connectivity index (χ3n) is 1.61. The minimum atomic E-state index is 0.524. The van der Waals surface area contributed by atoms with Gasteiger partial charge >= 0.3 is 0 Å². The van der Waals surface area contributed by atoms with Crippen LogP contribution in [0.25, 0.3) is 10.7 Å². The number of thiophene rings is 1. The molecule has 0 amide bonds. The molecule has 6 heteroatoms. The lowest BCUT2D eigenvalue weighted by atomic mass is 10.4. The molecule has 0 unspecified atom stereocenters. The number of nitrogens with zero attached hydrogens (tertiary/aromatic N) is 2. The van der Waals surface area contributed by atoms with Gasteiger partial charge in [-0.3, -0.25) is 0 Å². The second-order valence-electron chi connectivity index (χ2n) is 2.68. The molecule has 0 radical (unpaired) electrons. The van der Waals surface area contributed by atoms with Crippen LogP contribution >= 0.6 is 27.3 Å². The fraction of sp³-hybridized carbons (Fsp3) is 0.250. The molecular formula is C8H8BrN3OS. The van der Waals surface area contributed by atoms with Crippen LogP contribution in [0, 0.1) is 0 Å². The normalized spacial score (nSPS) is 10.7. The standard InChI is InChI=1S/C8H8BrN3OS/c9-5-3-6(14-4-5)8-11-7(1-2-10)13-12-8/h3-4H,1-2,10H2. The summed E-state index contributed by atoms with van der Waals surface area (Å²) in [6.07, 6.45) is 0.625. The topological polar surface area (TPSA) is 64.9 Å². The Hall–Kier alpha value is -0.720. The van der Waals surface area contributed by atoms with Gasteiger partial charge in [0.05, 0.1) is 4.88 Å². The van der Waals surface area contributed by atoms with E-state index in [1.807, 2.05) is 11.4 Å². The molecule has 2 aromatic rings. The fourth-order valence-electron chi connectivity index (χ4n) is 1.01. The molecule has 0 spiro atoms. The van der Waals surface area contributed by atoms with Gasteiger partial charge in [-0.1, -0.05) is 5.16 Å². The summed E-state index contributed by atoms with van der Waals surface area (Å²) in [6.45, 7) is 0.524. The Bertz CT molecular complexity index is 426. The lowest BCUT2D eigenvalue weighted by Crippen LogP contribution is -2.02. The van der Waals surface area contributed by atoms with Crippen molar-refractivity contribution in [3.8, 4) is 10.7 Å². The maximum Gasteiger partial charge on any atom is 0.228 e. The smallest absolute Gasteiger partial charge is 0.228 e. The molecule has 0 saturated carbocycles. The van der Waals surface area contributed by atoms with Crippen molar-refractivity contribution in [2.75, 3.05) is 6.54 Å². The van der Waals surface area contributed by atoms with Crippen LogP contribution in [0.4, 0.5) is 0 Å². The molecule has 2 N–H and O–H groups in total. The highest BCUT2D eigenvalue weighted by Crippen LogP contribution is 2.27. The molecule has 74 valence electrons. The van der Waals surface area contributed by atoms with E-state index in [4.69, 9.17) is 10.3 Å². The summed E-state index contributed by atoms with van der Waals surface area (Å²) in [7, 11) is 0. The molecule has 0 aliphatic carbocycles. The molecule has 0 fully saturated rings. The maximum absolute atomic E-state index is 5.38. The molecule has 0 atom stereocenters. The van der Waals surface area contributed by atoms with Gasteiger partial charge in [0.2, 0.25) is 11.7 Å².